The summed E-state index contributed by atoms with van der Waals surface area (Å²) < 4.78 is 11.7. The molecule has 5 nitrogen and oxygen atoms in total. The molecule has 1 unspecified atom stereocenters. The van der Waals surface area contributed by atoms with Gasteiger partial charge >= 0.3 is 0 Å². The average molecular weight is 347 g/mol. The van der Waals surface area contributed by atoms with E-state index in [9.17, 15) is 0 Å². The van der Waals surface area contributed by atoms with Gasteiger partial charge in [-0.25, -0.2) is 0 Å². The molecule has 1 spiro atoms. The number of nitrogens with zero attached hydrogens (tertiary/aromatic N) is 3. The van der Waals surface area contributed by atoms with E-state index in [0.717, 1.165) is 25.1 Å². The van der Waals surface area contributed by atoms with Gasteiger partial charge in [0.15, 0.2) is 0 Å². The summed E-state index contributed by atoms with van der Waals surface area (Å²) in [7, 11) is 0. The number of fused-ring (bicyclic) bond motifs is 2. The molecule has 132 valence electrons. The van der Waals surface area contributed by atoms with Crippen molar-refractivity contribution in [2.24, 2.45) is 0 Å². The zero-order valence-electron chi connectivity index (χ0n) is 14.8. The lowest BCUT2D eigenvalue weighted by Gasteiger charge is -2.24. The second kappa shape index (κ2) is 6.04. The van der Waals surface area contributed by atoms with Gasteiger partial charge in [0, 0.05) is 18.7 Å². The van der Waals surface area contributed by atoms with Gasteiger partial charge in [0.05, 0.1) is 13.2 Å². The third-order valence-electron chi connectivity index (χ3n) is 5.46. The molecule has 2 aromatic carbocycles. The third-order valence-corrected chi connectivity index (χ3v) is 5.46. The molecule has 0 amide bonds. The summed E-state index contributed by atoms with van der Waals surface area (Å²) in [4.78, 5) is 6.91. The highest BCUT2D eigenvalue weighted by molar-refractivity contribution is 5.54. The molecule has 2 aliphatic heterocycles. The predicted molar refractivity (Wildman–Crippen MR) is 97.3 cm³/mol. The van der Waals surface area contributed by atoms with Crippen molar-refractivity contribution in [1.29, 1.82) is 0 Å². The van der Waals surface area contributed by atoms with Crippen LogP contribution in [0.5, 0.6) is 0 Å². The Morgan fingerprint density at radius 1 is 1.12 bits per heavy atom. The first-order valence-corrected chi connectivity index (χ1v) is 9.06. The summed E-state index contributed by atoms with van der Waals surface area (Å²) in [6.45, 7) is 5.27. The Morgan fingerprint density at radius 3 is 2.85 bits per heavy atom. The van der Waals surface area contributed by atoms with Gasteiger partial charge in [0.25, 0.3) is 0 Å². The molecule has 5 rings (SSSR count). The molecule has 0 bridgehead atoms. The van der Waals surface area contributed by atoms with Crippen LogP contribution in [0.3, 0.4) is 0 Å². The molecule has 1 fully saturated rings. The highest BCUT2D eigenvalue weighted by Gasteiger charge is 2.45. The largest absolute Gasteiger partial charge is 0.364 e. The topological polar surface area (TPSA) is 51.4 Å². The van der Waals surface area contributed by atoms with Gasteiger partial charge < -0.3 is 9.26 Å². The van der Waals surface area contributed by atoms with Gasteiger partial charge in [0.1, 0.15) is 5.60 Å². The number of rotatable bonds is 3. The third kappa shape index (κ3) is 2.64. The van der Waals surface area contributed by atoms with Gasteiger partial charge in [-0.1, -0.05) is 59.3 Å². The Bertz CT molecular complexity index is 934. The Labute approximate surface area is 152 Å². The average Bonchev–Trinajstić information content (AvgIpc) is 3.38. The normalized spacial score (nSPS) is 22.2. The minimum atomic E-state index is -0.170. The number of benzene rings is 2. The van der Waals surface area contributed by atoms with Crippen LogP contribution in [0.15, 0.2) is 53.1 Å². The lowest BCUT2D eigenvalue weighted by atomic mass is 9.92. The minimum absolute atomic E-state index is 0.170. The number of aromatic nitrogens is 2. The van der Waals surface area contributed by atoms with Crippen molar-refractivity contribution in [2.45, 2.75) is 32.1 Å². The molecule has 3 aromatic rings. The van der Waals surface area contributed by atoms with Gasteiger partial charge in [-0.3, -0.25) is 4.90 Å². The van der Waals surface area contributed by atoms with Crippen molar-refractivity contribution in [2.75, 3.05) is 13.1 Å². The molecular formula is C21H21N3O2. The van der Waals surface area contributed by atoms with Gasteiger partial charge in [0.2, 0.25) is 11.7 Å². The first-order valence-electron chi connectivity index (χ1n) is 9.06. The zero-order valence-corrected chi connectivity index (χ0v) is 14.8. The van der Waals surface area contributed by atoms with E-state index in [4.69, 9.17) is 9.26 Å². The fraction of sp³-hybridized carbons (Fsp3) is 0.333. The molecule has 1 saturated heterocycles. The minimum Gasteiger partial charge on any atom is -0.364 e. The predicted octanol–water partition coefficient (Wildman–Crippen LogP) is 3.68. The Balaban J connectivity index is 1.31. The maximum atomic E-state index is 6.22. The highest BCUT2D eigenvalue weighted by Crippen LogP contribution is 2.43. The smallest absolute Gasteiger partial charge is 0.241 e. The van der Waals surface area contributed by atoms with Crippen LogP contribution in [-0.4, -0.2) is 28.1 Å². The lowest BCUT2D eigenvalue weighted by Crippen LogP contribution is -2.30. The summed E-state index contributed by atoms with van der Waals surface area (Å²) in [5.41, 5.74) is 4.69. The quantitative estimate of drug-likeness (QED) is 0.723. The molecule has 0 saturated carbocycles. The van der Waals surface area contributed by atoms with Crippen molar-refractivity contribution in [3.05, 3.63) is 71.1 Å². The number of aryl methyl sites for hydroxylation is 1. The SMILES string of the molecule is Cc1ccc(-c2noc(CN3CCC4(C3)OCc3ccccc34)n2)cc1. The first kappa shape index (κ1) is 15.7. The molecule has 0 aliphatic carbocycles. The van der Waals surface area contributed by atoms with Crippen molar-refractivity contribution in [1.82, 2.24) is 15.0 Å². The highest BCUT2D eigenvalue weighted by atomic mass is 16.5. The van der Waals surface area contributed by atoms with Crippen molar-refractivity contribution in [3.63, 3.8) is 0 Å². The number of hydrogen-bond donors (Lipinski definition) is 0. The van der Waals surface area contributed by atoms with E-state index >= 15 is 0 Å². The van der Waals surface area contributed by atoms with Gasteiger partial charge in [-0.15, -0.1) is 0 Å². The maximum absolute atomic E-state index is 6.22. The fourth-order valence-corrected chi connectivity index (χ4v) is 4.05. The molecule has 5 heteroatoms. The van der Waals surface area contributed by atoms with E-state index in [1.807, 2.05) is 12.1 Å². The summed E-state index contributed by atoms with van der Waals surface area (Å²) in [6, 6.07) is 16.7. The Kier molecular flexibility index (Phi) is 3.65. The van der Waals surface area contributed by atoms with Crippen LogP contribution in [-0.2, 0) is 23.5 Å². The molecule has 1 atom stereocenters. The Hall–Kier alpha value is -2.50. The molecular weight excluding hydrogens is 326 g/mol. The van der Waals surface area contributed by atoms with E-state index in [1.54, 1.807) is 0 Å². The van der Waals surface area contributed by atoms with Crippen LogP contribution in [0, 0.1) is 6.92 Å². The van der Waals surface area contributed by atoms with Gasteiger partial charge in [-0.05, 0) is 24.5 Å². The van der Waals surface area contributed by atoms with Crippen LogP contribution in [0.25, 0.3) is 11.4 Å². The summed E-state index contributed by atoms with van der Waals surface area (Å²) in [5, 5.41) is 4.14. The van der Waals surface area contributed by atoms with Crippen LogP contribution in [0.4, 0.5) is 0 Å². The zero-order chi connectivity index (χ0) is 17.6. The van der Waals surface area contributed by atoms with Crippen LogP contribution < -0.4 is 0 Å². The number of hydrogen-bond acceptors (Lipinski definition) is 5. The van der Waals surface area contributed by atoms with E-state index in [2.05, 4.69) is 58.4 Å². The summed E-state index contributed by atoms with van der Waals surface area (Å²) in [6.07, 6.45) is 1.00. The second-order valence-corrected chi connectivity index (χ2v) is 7.28. The second-order valence-electron chi connectivity index (χ2n) is 7.28. The van der Waals surface area contributed by atoms with Crippen molar-refractivity contribution < 1.29 is 9.26 Å². The van der Waals surface area contributed by atoms with E-state index in [1.165, 1.54) is 16.7 Å². The van der Waals surface area contributed by atoms with E-state index in [-0.39, 0.29) is 5.60 Å². The first-order chi connectivity index (χ1) is 12.7. The maximum Gasteiger partial charge on any atom is 0.241 e. The van der Waals surface area contributed by atoms with Crippen molar-refractivity contribution in [3.8, 4) is 11.4 Å². The lowest BCUT2D eigenvalue weighted by molar-refractivity contribution is -0.0303. The molecule has 1 aromatic heterocycles. The van der Waals surface area contributed by atoms with Crippen LogP contribution in [0.1, 0.15) is 29.0 Å². The molecule has 0 radical (unpaired) electrons. The van der Waals surface area contributed by atoms with E-state index in [0.29, 0.717) is 24.9 Å². The van der Waals surface area contributed by atoms with Crippen molar-refractivity contribution >= 4 is 0 Å². The molecule has 26 heavy (non-hydrogen) atoms. The van der Waals surface area contributed by atoms with Crippen LogP contribution in [0.2, 0.25) is 0 Å². The van der Waals surface area contributed by atoms with Gasteiger partial charge in [-0.2, -0.15) is 4.98 Å². The molecule has 3 heterocycles. The number of ether oxygens (including phenoxy) is 1. The van der Waals surface area contributed by atoms with Crippen LogP contribution >= 0.6 is 0 Å². The standard InChI is InChI=1S/C21H21N3O2/c1-15-6-8-16(9-7-15)20-22-19(26-23-20)12-24-11-10-21(14-24)18-5-3-2-4-17(18)13-25-21/h2-9H,10-14H2,1H3. The Morgan fingerprint density at radius 2 is 1.96 bits per heavy atom. The number of likely N-dealkylation sites (tertiary alicyclic amines) is 1. The fourth-order valence-electron chi connectivity index (χ4n) is 4.05. The monoisotopic (exact) mass is 347 g/mol. The molecule has 0 N–H and O–H groups in total. The summed E-state index contributed by atoms with van der Waals surface area (Å²) in [5.74, 6) is 1.31. The molecule has 2 aliphatic rings. The summed E-state index contributed by atoms with van der Waals surface area (Å²) >= 11 is 0. The van der Waals surface area contributed by atoms with E-state index < -0.39 is 0 Å².